The molecule has 1 atom stereocenters. The summed E-state index contributed by atoms with van der Waals surface area (Å²) in [5, 5.41) is 21.6. The maximum Gasteiger partial charge on any atom is 0.0607 e. The Morgan fingerprint density at radius 1 is 1.33 bits per heavy atom. The van der Waals surface area contributed by atoms with Crippen LogP contribution in [0.2, 0.25) is 5.02 Å². The average Bonchev–Trinajstić information content (AvgIpc) is 2.25. The van der Waals surface area contributed by atoms with Crippen LogP contribution in [0.3, 0.4) is 0 Å². The maximum absolute atomic E-state index is 8.93. The zero-order valence-electron chi connectivity index (χ0n) is 8.65. The summed E-state index contributed by atoms with van der Waals surface area (Å²) in [6.07, 6.45) is 0. The maximum atomic E-state index is 8.93. The van der Waals surface area contributed by atoms with Crippen LogP contribution in [-0.4, -0.2) is 29.5 Å². The quantitative estimate of drug-likeness (QED) is 0.715. The molecule has 3 N–H and O–H groups in total. The SMILES string of the molecule is C[C@@H](NC(CO)CO)c1cccc(Cl)c1. The van der Waals surface area contributed by atoms with Gasteiger partial charge in [-0.3, -0.25) is 0 Å². The molecule has 0 bridgehead atoms. The van der Waals surface area contributed by atoms with Gasteiger partial charge in [0.2, 0.25) is 0 Å². The first-order valence-electron chi connectivity index (χ1n) is 4.90. The van der Waals surface area contributed by atoms with Gasteiger partial charge in [-0.15, -0.1) is 0 Å². The van der Waals surface area contributed by atoms with Gasteiger partial charge in [-0.25, -0.2) is 0 Å². The van der Waals surface area contributed by atoms with Crippen molar-refractivity contribution < 1.29 is 10.2 Å². The van der Waals surface area contributed by atoms with Crippen molar-refractivity contribution >= 4 is 11.6 Å². The molecule has 0 saturated heterocycles. The van der Waals surface area contributed by atoms with Crippen molar-refractivity contribution in [3.8, 4) is 0 Å². The van der Waals surface area contributed by atoms with Gasteiger partial charge in [0.05, 0.1) is 19.3 Å². The average molecular weight is 230 g/mol. The Kier molecular flexibility index (Phi) is 5.05. The van der Waals surface area contributed by atoms with Crippen molar-refractivity contribution in [2.45, 2.75) is 19.0 Å². The monoisotopic (exact) mass is 229 g/mol. The Bertz CT molecular complexity index is 302. The van der Waals surface area contributed by atoms with Gasteiger partial charge >= 0.3 is 0 Å². The lowest BCUT2D eigenvalue weighted by atomic mass is 10.1. The van der Waals surface area contributed by atoms with Gasteiger partial charge in [0, 0.05) is 11.1 Å². The molecule has 0 amide bonds. The van der Waals surface area contributed by atoms with Crippen molar-refractivity contribution in [2.24, 2.45) is 0 Å². The van der Waals surface area contributed by atoms with E-state index >= 15 is 0 Å². The van der Waals surface area contributed by atoms with Crippen LogP contribution in [0.5, 0.6) is 0 Å². The van der Waals surface area contributed by atoms with E-state index in [-0.39, 0.29) is 25.3 Å². The number of hydrogen-bond donors (Lipinski definition) is 3. The van der Waals surface area contributed by atoms with Crippen molar-refractivity contribution in [3.63, 3.8) is 0 Å². The van der Waals surface area contributed by atoms with Gasteiger partial charge in [-0.05, 0) is 24.6 Å². The molecule has 0 fully saturated rings. The molecule has 1 aromatic rings. The second-order valence-electron chi connectivity index (χ2n) is 3.51. The molecule has 0 spiro atoms. The van der Waals surface area contributed by atoms with Gasteiger partial charge in [-0.2, -0.15) is 0 Å². The molecule has 1 aromatic carbocycles. The minimum Gasteiger partial charge on any atom is -0.395 e. The van der Waals surface area contributed by atoms with Crippen LogP contribution < -0.4 is 5.32 Å². The lowest BCUT2D eigenvalue weighted by Crippen LogP contribution is -2.37. The van der Waals surface area contributed by atoms with Crippen molar-refractivity contribution in [3.05, 3.63) is 34.9 Å². The zero-order chi connectivity index (χ0) is 11.3. The largest absolute Gasteiger partial charge is 0.395 e. The third kappa shape index (κ3) is 3.80. The fraction of sp³-hybridized carbons (Fsp3) is 0.455. The number of aliphatic hydroxyl groups is 2. The topological polar surface area (TPSA) is 52.5 Å². The second kappa shape index (κ2) is 6.08. The third-order valence-electron chi connectivity index (χ3n) is 2.28. The first-order valence-corrected chi connectivity index (χ1v) is 5.28. The highest BCUT2D eigenvalue weighted by atomic mass is 35.5. The molecule has 0 saturated carbocycles. The van der Waals surface area contributed by atoms with Crippen molar-refractivity contribution in [2.75, 3.05) is 13.2 Å². The van der Waals surface area contributed by atoms with Gasteiger partial charge in [-0.1, -0.05) is 23.7 Å². The Balaban J connectivity index is 2.64. The highest BCUT2D eigenvalue weighted by Crippen LogP contribution is 2.17. The summed E-state index contributed by atoms with van der Waals surface area (Å²) in [4.78, 5) is 0. The molecule has 0 aliphatic heterocycles. The van der Waals surface area contributed by atoms with Gasteiger partial charge < -0.3 is 15.5 Å². The number of aliphatic hydroxyl groups excluding tert-OH is 2. The van der Waals surface area contributed by atoms with Crippen LogP contribution in [0, 0.1) is 0 Å². The summed E-state index contributed by atoms with van der Waals surface area (Å²) >= 11 is 5.87. The van der Waals surface area contributed by atoms with E-state index in [1.165, 1.54) is 0 Å². The second-order valence-corrected chi connectivity index (χ2v) is 3.94. The van der Waals surface area contributed by atoms with E-state index in [2.05, 4.69) is 5.32 Å². The fourth-order valence-electron chi connectivity index (χ4n) is 1.39. The van der Waals surface area contributed by atoms with Crippen LogP contribution in [0.1, 0.15) is 18.5 Å². The van der Waals surface area contributed by atoms with Crippen LogP contribution in [-0.2, 0) is 0 Å². The summed E-state index contributed by atoms with van der Waals surface area (Å²) in [6, 6.07) is 7.27. The molecular formula is C11H16ClNO2. The highest BCUT2D eigenvalue weighted by molar-refractivity contribution is 6.30. The number of benzene rings is 1. The number of halogens is 1. The fourth-order valence-corrected chi connectivity index (χ4v) is 1.59. The summed E-state index contributed by atoms with van der Waals surface area (Å²) in [6.45, 7) is 1.80. The lowest BCUT2D eigenvalue weighted by Gasteiger charge is -2.20. The minimum absolute atomic E-state index is 0.0491. The summed E-state index contributed by atoms with van der Waals surface area (Å²) in [7, 11) is 0. The molecule has 3 nitrogen and oxygen atoms in total. The summed E-state index contributed by atoms with van der Waals surface area (Å²) < 4.78 is 0. The van der Waals surface area contributed by atoms with E-state index in [9.17, 15) is 0 Å². The molecule has 0 radical (unpaired) electrons. The summed E-state index contributed by atoms with van der Waals surface area (Å²) in [5.74, 6) is 0. The molecule has 0 aliphatic carbocycles. The van der Waals surface area contributed by atoms with E-state index in [0.29, 0.717) is 5.02 Å². The van der Waals surface area contributed by atoms with Crippen molar-refractivity contribution in [1.82, 2.24) is 5.32 Å². The number of hydrogen-bond acceptors (Lipinski definition) is 3. The Morgan fingerprint density at radius 2 is 2.00 bits per heavy atom. The first-order chi connectivity index (χ1) is 7.17. The zero-order valence-corrected chi connectivity index (χ0v) is 9.41. The Hall–Kier alpha value is -0.610. The predicted molar refractivity (Wildman–Crippen MR) is 61.0 cm³/mol. The smallest absolute Gasteiger partial charge is 0.0607 e. The predicted octanol–water partition coefficient (Wildman–Crippen LogP) is 1.34. The van der Waals surface area contributed by atoms with E-state index in [1.54, 1.807) is 0 Å². The van der Waals surface area contributed by atoms with Crippen LogP contribution >= 0.6 is 11.6 Å². The molecule has 0 unspecified atom stereocenters. The third-order valence-corrected chi connectivity index (χ3v) is 2.51. The van der Waals surface area contributed by atoms with E-state index in [4.69, 9.17) is 21.8 Å². The van der Waals surface area contributed by atoms with Gasteiger partial charge in [0.25, 0.3) is 0 Å². The molecule has 0 aromatic heterocycles. The standard InChI is InChI=1S/C11H16ClNO2/c1-8(13-11(6-14)7-15)9-3-2-4-10(12)5-9/h2-5,8,11,13-15H,6-7H2,1H3/t8-/m1/s1. The van der Waals surface area contributed by atoms with E-state index in [1.807, 2.05) is 31.2 Å². The Morgan fingerprint density at radius 3 is 2.53 bits per heavy atom. The molecule has 0 heterocycles. The number of rotatable bonds is 5. The molecule has 1 rings (SSSR count). The van der Waals surface area contributed by atoms with Gasteiger partial charge in [0.15, 0.2) is 0 Å². The lowest BCUT2D eigenvalue weighted by molar-refractivity contribution is 0.163. The minimum atomic E-state index is -0.293. The molecular weight excluding hydrogens is 214 g/mol. The molecule has 84 valence electrons. The van der Waals surface area contributed by atoms with Gasteiger partial charge in [0.1, 0.15) is 0 Å². The number of nitrogens with one attached hydrogen (secondary N) is 1. The highest BCUT2D eigenvalue weighted by Gasteiger charge is 2.11. The Labute approximate surface area is 94.7 Å². The van der Waals surface area contributed by atoms with Crippen LogP contribution in [0.4, 0.5) is 0 Å². The molecule has 0 aliphatic rings. The first kappa shape index (κ1) is 12.5. The van der Waals surface area contributed by atoms with Crippen LogP contribution in [0.15, 0.2) is 24.3 Å². The van der Waals surface area contributed by atoms with Crippen molar-refractivity contribution in [1.29, 1.82) is 0 Å². The molecule has 15 heavy (non-hydrogen) atoms. The van der Waals surface area contributed by atoms with E-state index in [0.717, 1.165) is 5.56 Å². The summed E-state index contributed by atoms with van der Waals surface area (Å²) in [5.41, 5.74) is 1.04. The van der Waals surface area contributed by atoms with E-state index < -0.39 is 0 Å². The normalized spacial score (nSPS) is 13.1. The molecule has 4 heteroatoms. The van der Waals surface area contributed by atoms with Crippen LogP contribution in [0.25, 0.3) is 0 Å².